The van der Waals surface area contributed by atoms with Crippen LogP contribution in [0.4, 0.5) is 0 Å². The van der Waals surface area contributed by atoms with Gasteiger partial charge in [0, 0.05) is 16.2 Å². The van der Waals surface area contributed by atoms with Gasteiger partial charge in [-0.15, -0.1) is 0 Å². The molecule has 0 N–H and O–H groups in total. The topological polar surface area (TPSA) is 13.1 Å². The van der Waals surface area contributed by atoms with Crippen molar-refractivity contribution < 1.29 is 4.42 Å². The van der Waals surface area contributed by atoms with E-state index in [-0.39, 0.29) is 5.41 Å². The monoisotopic (exact) mass is 662 g/mol. The predicted octanol–water partition coefficient (Wildman–Crippen LogP) is 14.4. The van der Waals surface area contributed by atoms with Crippen molar-refractivity contribution in [3.05, 3.63) is 181 Å². The first kappa shape index (κ1) is 29.3. The van der Waals surface area contributed by atoms with Gasteiger partial charge in [-0.1, -0.05) is 166 Å². The van der Waals surface area contributed by atoms with Gasteiger partial charge in [-0.05, 0) is 106 Å². The Morgan fingerprint density at radius 1 is 0.365 bits per heavy atom. The molecule has 0 fully saturated rings. The molecule has 0 atom stereocenters. The van der Waals surface area contributed by atoms with Crippen molar-refractivity contribution >= 4 is 54.3 Å². The number of fused-ring (bicyclic) bond motifs is 10. The van der Waals surface area contributed by atoms with Crippen molar-refractivity contribution in [2.45, 2.75) is 19.3 Å². The summed E-state index contributed by atoms with van der Waals surface area (Å²) in [5.41, 5.74) is 14.7. The normalized spacial score (nSPS) is 13.3. The van der Waals surface area contributed by atoms with Crippen molar-refractivity contribution in [1.82, 2.24) is 0 Å². The molecule has 0 spiro atoms. The average molecular weight is 663 g/mol. The van der Waals surface area contributed by atoms with E-state index in [9.17, 15) is 0 Å². The fourth-order valence-electron chi connectivity index (χ4n) is 9.24. The first-order chi connectivity index (χ1) is 25.6. The number of hydrogen-bond acceptors (Lipinski definition) is 1. The van der Waals surface area contributed by atoms with E-state index in [1.807, 2.05) is 0 Å². The van der Waals surface area contributed by atoms with Crippen LogP contribution in [0.15, 0.2) is 174 Å². The van der Waals surface area contributed by atoms with Crippen LogP contribution in [-0.4, -0.2) is 0 Å². The minimum atomic E-state index is -0.0262. The molecule has 0 unspecified atom stereocenters. The molecular formula is C51H34O. The zero-order valence-corrected chi connectivity index (χ0v) is 29.1. The van der Waals surface area contributed by atoms with Crippen molar-refractivity contribution in [1.29, 1.82) is 0 Å². The minimum Gasteiger partial charge on any atom is -0.456 e. The van der Waals surface area contributed by atoms with Crippen molar-refractivity contribution in [3.8, 4) is 44.5 Å². The maximum Gasteiger partial charge on any atom is 0.136 e. The van der Waals surface area contributed by atoms with Crippen LogP contribution in [0.1, 0.15) is 25.0 Å². The van der Waals surface area contributed by atoms with Crippen LogP contribution < -0.4 is 0 Å². The lowest BCUT2D eigenvalue weighted by molar-refractivity contribution is 0.660. The maximum absolute atomic E-state index is 6.54. The summed E-state index contributed by atoms with van der Waals surface area (Å²) in [6, 6.07) is 62.4. The first-order valence-corrected chi connectivity index (χ1v) is 18.2. The van der Waals surface area contributed by atoms with Gasteiger partial charge in [0.05, 0.1) is 0 Å². The van der Waals surface area contributed by atoms with Crippen molar-refractivity contribution in [2.24, 2.45) is 0 Å². The highest BCUT2D eigenvalue weighted by atomic mass is 16.3. The van der Waals surface area contributed by atoms with Gasteiger partial charge < -0.3 is 4.42 Å². The fourth-order valence-corrected chi connectivity index (χ4v) is 9.24. The summed E-state index contributed by atoms with van der Waals surface area (Å²) in [5.74, 6) is 0. The Kier molecular flexibility index (Phi) is 6.08. The Hall–Kier alpha value is -6.44. The van der Waals surface area contributed by atoms with Gasteiger partial charge in [0.1, 0.15) is 11.2 Å². The molecule has 1 heteroatoms. The highest BCUT2D eigenvalue weighted by molar-refractivity contribution is 6.28. The molecule has 9 aromatic carbocycles. The van der Waals surface area contributed by atoms with Crippen LogP contribution in [0.25, 0.3) is 98.8 Å². The van der Waals surface area contributed by atoms with E-state index in [4.69, 9.17) is 4.42 Å². The second-order valence-electron chi connectivity index (χ2n) is 14.8. The molecule has 1 heterocycles. The molecule has 0 aliphatic heterocycles. The Balaban J connectivity index is 1.11. The predicted molar refractivity (Wildman–Crippen MR) is 220 cm³/mol. The SMILES string of the molecule is CC1(C)c2ccccc2-c2ccc(-c3ccc(-c4c5ccccc5c(-c5cccc6oc7ccc8ccccc8c7c56)c5ccccc45)cc3)cc21. The summed E-state index contributed by atoms with van der Waals surface area (Å²) in [6.07, 6.45) is 0. The van der Waals surface area contributed by atoms with E-state index < -0.39 is 0 Å². The van der Waals surface area contributed by atoms with Crippen LogP contribution in [0.5, 0.6) is 0 Å². The van der Waals surface area contributed by atoms with Crippen LogP contribution in [0.3, 0.4) is 0 Å². The highest BCUT2D eigenvalue weighted by Gasteiger charge is 2.35. The fraction of sp³-hybridized carbons (Fsp3) is 0.0588. The summed E-state index contributed by atoms with van der Waals surface area (Å²) in [4.78, 5) is 0. The smallest absolute Gasteiger partial charge is 0.136 e. The van der Waals surface area contributed by atoms with E-state index in [0.29, 0.717) is 0 Å². The number of hydrogen-bond donors (Lipinski definition) is 0. The molecule has 1 aliphatic rings. The lowest BCUT2D eigenvalue weighted by Gasteiger charge is -2.22. The third kappa shape index (κ3) is 4.05. The van der Waals surface area contributed by atoms with E-state index >= 15 is 0 Å². The molecule has 0 radical (unpaired) electrons. The Bertz CT molecular complexity index is 3030. The number of rotatable bonds is 3. The largest absolute Gasteiger partial charge is 0.456 e. The van der Waals surface area contributed by atoms with Crippen LogP contribution in [-0.2, 0) is 5.41 Å². The van der Waals surface area contributed by atoms with Gasteiger partial charge >= 0.3 is 0 Å². The molecule has 52 heavy (non-hydrogen) atoms. The summed E-state index contributed by atoms with van der Waals surface area (Å²) < 4.78 is 6.54. The zero-order chi connectivity index (χ0) is 34.6. The molecule has 1 nitrogen and oxygen atoms in total. The molecule has 10 aromatic rings. The third-order valence-corrected chi connectivity index (χ3v) is 11.7. The lowest BCUT2D eigenvalue weighted by Crippen LogP contribution is -2.14. The van der Waals surface area contributed by atoms with E-state index in [1.54, 1.807) is 0 Å². The van der Waals surface area contributed by atoms with Crippen molar-refractivity contribution in [3.63, 3.8) is 0 Å². The number of furan rings is 1. The Labute approximate surface area is 302 Å². The zero-order valence-electron chi connectivity index (χ0n) is 29.1. The number of benzene rings is 9. The summed E-state index contributed by atoms with van der Waals surface area (Å²) >= 11 is 0. The molecule has 1 aromatic heterocycles. The summed E-state index contributed by atoms with van der Waals surface area (Å²) in [6.45, 7) is 4.70. The van der Waals surface area contributed by atoms with Crippen LogP contribution in [0.2, 0.25) is 0 Å². The van der Waals surface area contributed by atoms with Gasteiger partial charge in [-0.3, -0.25) is 0 Å². The first-order valence-electron chi connectivity index (χ1n) is 18.2. The molecule has 244 valence electrons. The van der Waals surface area contributed by atoms with Gasteiger partial charge in [0.25, 0.3) is 0 Å². The molecule has 0 amide bonds. The molecular weight excluding hydrogens is 629 g/mol. The van der Waals surface area contributed by atoms with E-state index in [2.05, 4.69) is 184 Å². The summed E-state index contributed by atoms with van der Waals surface area (Å²) in [7, 11) is 0. The van der Waals surface area contributed by atoms with Crippen molar-refractivity contribution in [2.75, 3.05) is 0 Å². The Morgan fingerprint density at radius 2 is 0.923 bits per heavy atom. The van der Waals surface area contributed by atoms with Gasteiger partial charge in [0.15, 0.2) is 0 Å². The molecule has 0 saturated heterocycles. The maximum atomic E-state index is 6.54. The van der Waals surface area contributed by atoms with Gasteiger partial charge in [-0.25, -0.2) is 0 Å². The molecule has 1 aliphatic carbocycles. The molecule has 0 saturated carbocycles. The average Bonchev–Trinajstić information content (AvgIpc) is 3.69. The van der Waals surface area contributed by atoms with Gasteiger partial charge in [-0.2, -0.15) is 0 Å². The standard InChI is InChI=1S/C51H34O/c1-51(2)43-20-10-9-14-36(43)37-28-26-34(30-44(37)51)31-22-24-33(25-23-31)47-38-15-5-7-17-40(38)48(41-18-8-6-16-39(41)47)42-19-11-21-45-50(42)49-35-13-4-3-12-32(35)27-29-46(49)52-45/h3-30H,1-2H3. The van der Waals surface area contributed by atoms with Gasteiger partial charge in [0.2, 0.25) is 0 Å². The van der Waals surface area contributed by atoms with E-state index in [1.165, 1.54) is 98.7 Å². The second-order valence-corrected chi connectivity index (χ2v) is 14.8. The Morgan fingerprint density at radius 3 is 1.67 bits per heavy atom. The quantitative estimate of drug-likeness (QED) is 0.172. The van der Waals surface area contributed by atoms with Crippen LogP contribution in [0, 0.1) is 0 Å². The molecule has 0 bridgehead atoms. The van der Waals surface area contributed by atoms with Crippen LogP contribution >= 0.6 is 0 Å². The molecule has 11 rings (SSSR count). The minimum absolute atomic E-state index is 0.0262. The summed E-state index contributed by atoms with van der Waals surface area (Å²) in [5, 5.41) is 9.75. The third-order valence-electron chi connectivity index (χ3n) is 11.7. The lowest BCUT2D eigenvalue weighted by atomic mass is 9.81. The second kappa shape index (κ2) is 10.8. The van der Waals surface area contributed by atoms with E-state index in [0.717, 1.165) is 11.2 Å². The highest BCUT2D eigenvalue weighted by Crippen LogP contribution is 2.50.